The highest BCUT2D eigenvalue weighted by atomic mass is 15.3. The molecule has 0 aliphatic rings. The minimum atomic E-state index is 0.783. The van der Waals surface area contributed by atoms with E-state index in [0.717, 1.165) is 67.8 Å². The Hall–Kier alpha value is -8.60. The summed E-state index contributed by atoms with van der Waals surface area (Å²) in [5.74, 6) is 1.57. The van der Waals surface area contributed by atoms with Crippen LogP contribution in [0.25, 0.3) is 83.7 Å². The fourth-order valence-electron chi connectivity index (χ4n) is 8.89. The van der Waals surface area contributed by atoms with Crippen LogP contribution in [-0.2, 0) is 0 Å². The van der Waals surface area contributed by atoms with E-state index < -0.39 is 0 Å². The standard InChI is InChI=1S/C60H42N4/c1-4-19-49(20-5-1)63(50-21-6-2-7-22-50)52-41-39-46(40-42-52)56-27-13-15-29-58(56)57-28-14-12-26-55(57)45-33-37-48(38-34-45)60-62-61-59(64(60)51-23-8-3-9-24-51)47-35-31-44(32-36-47)54-30-16-18-43-17-10-11-25-53(43)54/h1-42H. The van der Waals surface area contributed by atoms with Crippen LogP contribution in [0, 0.1) is 0 Å². The maximum Gasteiger partial charge on any atom is 0.168 e. The van der Waals surface area contributed by atoms with Crippen molar-refractivity contribution in [3.05, 3.63) is 255 Å². The van der Waals surface area contributed by atoms with Crippen LogP contribution < -0.4 is 4.90 Å². The molecule has 1 aromatic heterocycles. The van der Waals surface area contributed by atoms with Crippen molar-refractivity contribution in [1.82, 2.24) is 14.8 Å². The fourth-order valence-corrected chi connectivity index (χ4v) is 8.89. The van der Waals surface area contributed by atoms with Gasteiger partial charge >= 0.3 is 0 Å². The average Bonchev–Trinajstić information content (AvgIpc) is 3.83. The third-order valence-corrected chi connectivity index (χ3v) is 12.0. The van der Waals surface area contributed by atoms with Gasteiger partial charge < -0.3 is 4.90 Å². The van der Waals surface area contributed by atoms with Crippen molar-refractivity contribution in [2.75, 3.05) is 4.90 Å². The van der Waals surface area contributed by atoms with Gasteiger partial charge in [-0.3, -0.25) is 4.57 Å². The average molecular weight is 819 g/mol. The zero-order chi connectivity index (χ0) is 42.7. The Morgan fingerprint density at radius 1 is 0.266 bits per heavy atom. The zero-order valence-corrected chi connectivity index (χ0v) is 35.0. The maximum absolute atomic E-state index is 4.83. The number of nitrogens with zero attached hydrogens (tertiary/aromatic N) is 4. The second-order valence-electron chi connectivity index (χ2n) is 15.8. The van der Waals surface area contributed by atoms with Crippen LogP contribution in [0.4, 0.5) is 17.1 Å². The van der Waals surface area contributed by atoms with Gasteiger partial charge in [0.15, 0.2) is 11.6 Å². The summed E-state index contributed by atoms with van der Waals surface area (Å²) in [6.07, 6.45) is 0. The number of para-hydroxylation sites is 3. The van der Waals surface area contributed by atoms with Gasteiger partial charge in [-0.25, -0.2) is 0 Å². The van der Waals surface area contributed by atoms with Crippen molar-refractivity contribution in [1.29, 1.82) is 0 Å². The molecule has 0 unspecified atom stereocenters. The molecule has 11 rings (SSSR count). The zero-order valence-electron chi connectivity index (χ0n) is 35.0. The minimum absolute atomic E-state index is 0.783. The molecule has 0 saturated heterocycles. The molecule has 0 amide bonds. The van der Waals surface area contributed by atoms with Crippen LogP contribution in [0.5, 0.6) is 0 Å². The van der Waals surface area contributed by atoms with E-state index in [1.165, 1.54) is 33.0 Å². The molecule has 0 fully saturated rings. The highest BCUT2D eigenvalue weighted by Crippen LogP contribution is 2.41. The van der Waals surface area contributed by atoms with Gasteiger partial charge in [-0.1, -0.05) is 206 Å². The van der Waals surface area contributed by atoms with E-state index in [0.29, 0.717) is 0 Å². The Labute approximate surface area is 373 Å². The smallest absolute Gasteiger partial charge is 0.168 e. The quantitative estimate of drug-likeness (QED) is 0.138. The fraction of sp³-hybridized carbons (Fsp3) is 0. The molecule has 0 atom stereocenters. The summed E-state index contributed by atoms with van der Waals surface area (Å²) in [6.45, 7) is 0. The summed E-state index contributed by atoms with van der Waals surface area (Å²) in [4.78, 5) is 2.29. The first kappa shape index (κ1) is 38.3. The third kappa shape index (κ3) is 7.33. The Morgan fingerprint density at radius 2 is 0.625 bits per heavy atom. The van der Waals surface area contributed by atoms with Gasteiger partial charge in [0.05, 0.1) is 0 Å². The first-order valence-electron chi connectivity index (χ1n) is 21.7. The van der Waals surface area contributed by atoms with Crippen molar-refractivity contribution >= 4 is 27.8 Å². The molecule has 302 valence electrons. The summed E-state index contributed by atoms with van der Waals surface area (Å²) in [5, 5.41) is 12.1. The molecule has 4 nitrogen and oxygen atoms in total. The second kappa shape index (κ2) is 17.0. The number of rotatable bonds is 10. The van der Waals surface area contributed by atoms with E-state index in [2.05, 4.69) is 258 Å². The minimum Gasteiger partial charge on any atom is -0.311 e. The summed E-state index contributed by atoms with van der Waals surface area (Å²) in [5.41, 5.74) is 15.7. The first-order valence-corrected chi connectivity index (χ1v) is 21.7. The van der Waals surface area contributed by atoms with Crippen LogP contribution in [0.1, 0.15) is 0 Å². The molecule has 1 heterocycles. The lowest BCUT2D eigenvalue weighted by Gasteiger charge is -2.25. The Kier molecular flexibility index (Phi) is 10.2. The predicted octanol–water partition coefficient (Wildman–Crippen LogP) is 15.9. The molecule has 0 bridgehead atoms. The molecule has 64 heavy (non-hydrogen) atoms. The van der Waals surface area contributed by atoms with E-state index in [4.69, 9.17) is 10.2 Å². The van der Waals surface area contributed by atoms with Crippen LogP contribution in [0.2, 0.25) is 0 Å². The molecule has 0 saturated carbocycles. The highest BCUT2D eigenvalue weighted by Gasteiger charge is 2.19. The highest BCUT2D eigenvalue weighted by molar-refractivity contribution is 5.97. The number of aromatic nitrogens is 3. The van der Waals surface area contributed by atoms with Gasteiger partial charge in [-0.05, 0) is 104 Å². The predicted molar refractivity (Wildman–Crippen MR) is 266 cm³/mol. The molecule has 11 aromatic rings. The molecule has 0 N–H and O–H groups in total. The van der Waals surface area contributed by atoms with Crippen molar-refractivity contribution in [3.8, 4) is 73.0 Å². The van der Waals surface area contributed by atoms with Crippen molar-refractivity contribution in [2.24, 2.45) is 0 Å². The van der Waals surface area contributed by atoms with Gasteiger partial charge in [-0.15, -0.1) is 10.2 Å². The topological polar surface area (TPSA) is 34.0 Å². The Morgan fingerprint density at radius 3 is 1.16 bits per heavy atom. The molecular weight excluding hydrogens is 777 g/mol. The summed E-state index contributed by atoms with van der Waals surface area (Å²) in [7, 11) is 0. The monoisotopic (exact) mass is 818 g/mol. The summed E-state index contributed by atoms with van der Waals surface area (Å²) >= 11 is 0. The van der Waals surface area contributed by atoms with Gasteiger partial charge in [0.1, 0.15) is 0 Å². The molecule has 10 aromatic carbocycles. The number of anilines is 3. The Balaban J connectivity index is 0.919. The molecular formula is C60H42N4. The second-order valence-corrected chi connectivity index (χ2v) is 15.8. The molecule has 0 spiro atoms. The molecule has 4 heteroatoms. The number of fused-ring (bicyclic) bond motifs is 1. The van der Waals surface area contributed by atoms with Crippen LogP contribution in [0.15, 0.2) is 255 Å². The number of hydrogen-bond donors (Lipinski definition) is 0. The number of hydrogen-bond acceptors (Lipinski definition) is 3. The van der Waals surface area contributed by atoms with Gasteiger partial charge in [0, 0.05) is 33.9 Å². The van der Waals surface area contributed by atoms with E-state index in [-0.39, 0.29) is 0 Å². The lowest BCUT2D eigenvalue weighted by atomic mass is 9.89. The summed E-state index contributed by atoms with van der Waals surface area (Å²) in [6, 6.07) is 90.2. The normalized spacial score (nSPS) is 11.1. The number of benzene rings is 10. The van der Waals surface area contributed by atoms with Gasteiger partial charge in [0.2, 0.25) is 0 Å². The summed E-state index contributed by atoms with van der Waals surface area (Å²) < 4.78 is 2.16. The molecule has 0 radical (unpaired) electrons. The SMILES string of the molecule is c1ccc(N(c2ccccc2)c2ccc(-c3ccccc3-c3ccccc3-c3ccc(-c4nnc(-c5ccc(-c6cccc7ccccc67)cc5)n4-c4ccccc4)cc3)cc2)cc1. The van der Waals surface area contributed by atoms with Crippen LogP contribution in [0.3, 0.4) is 0 Å². The molecule has 0 aliphatic heterocycles. The largest absolute Gasteiger partial charge is 0.311 e. The van der Waals surface area contributed by atoms with E-state index in [1.54, 1.807) is 0 Å². The van der Waals surface area contributed by atoms with Gasteiger partial charge in [-0.2, -0.15) is 0 Å². The lowest BCUT2D eigenvalue weighted by Crippen LogP contribution is -2.09. The van der Waals surface area contributed by atoms with Crippen molar-refractivity contribution < 1.29 is 0 Å². The van der Waals surface area contributed by atoms with Crippen LogP contribution >= 0.6 is 0 Å². The van der Waals surface area contributed by atoms with E-state index >= 15 is 0 Å². The maximum atomic E-state index is 4.83. The van der Waals surface area contributed by atoms with E-state index in [1.807, 2.05) is 6.07 Å². The lowest BCUT2D eigenvalue weighted by molar-refractivity contribution is 1.07. The third-order valence-electron chi connectivity index (χ3n) is 12.0. The van der Waals surface area contributed by atoms with Gasteiger partial charge in [0.25, 0.3) is 0 Å². The Bertz CT molecular complexity index is 3300. The van der Waals surface area contributed by atoms with E-state index in [9.17, 15) is 0 Å². The van der Waals surface area contributed by atoms with Crippen molar-refractivity contribution in [2.45, 2.75) is 0 Å². The van der Waals surface area contributed by atoms with Crippen molar-refractivity contribution in [3.63, 3.8) is 0 Å². The first-order chi connectivity index (χ1) is 31.8. The van der Waals surface area contributed by atoms with Crippen LogP contribution in [-0.4, -0.2) is 14.8 Å². The molecule has 0 aliphatic carbocycles.